The summed E-state index contributed by atoms with van der Waals surface area (Å²) in [4.78, 5) is 23.2. The van der Waals surface area contributed by atoms with Crippen molar-refractivity contribution in [2.75, 3.05) is 13.2 Å². The third kappa shape index (κ3) is 4.67. The molecule has 0 radical (unpaired) electrons. The Kier molecular flexibility index (Phi) is 6.55. The first-order chi connectivity index (χ1) is 9.94. The van der Waals surface area contributed by atoms with Crippen LogP contribution in [-0.4, -0.2) is 36.1 Å². The second-order valence-corrected chi connectivity index (χ2v) is 5.90. The Morgan fingerprint density at radius 1 is 1.14 bits per heavy atom. The molecule has 0 aliphatic rings. The second-order valence-electron chi connectivity index (χ2n) is 3.84. The Balaban J connectivity index is 2.99. The van der Waals surface area contributed by atoms with Gasteiger partial charge in [0, 0.05) is 0 Å². The van der Waals surface area contributed by atoms with Crippen LogP contribution in [0.1, 0.15) is 24.2 Å². The highest BCUT2D eigenvalue weighted by Crippen LogP contribution is 2.53. The van der Waals surface area contributed by atoms with Crippen LogP contribution in [0.25, 0.3) is 0 Å². The molecule has 7 nitrogen and oxygen atoms in total. The maximum atomic E-state index is 12.4. The molecule has 0 bridgehead atoms. The van der Waals surface area contributed by atoms with Crippen LogP contribution in [0.5, 0.6) is 0 Å². The first-order valence-corrected chi connectivity index (χ1v) is 7.93. The zero-order chi connectivity index (χ0) is 15.9. The van der Waals surface area contributed by atoms with Gasteiger partial charge < -0.3 is 18.9 Å². The van der Waals surface area contributed by atoms with E-state index in [0.717, 1.165) is 0 Å². The maximum Gasteiger partial charge on any atom is 0.382 e. The van der Waals surface area contributed by atoms with E-state index in [1.54, 1.807) is 18.2 Å². The lowest BCUT2D eigenvalue weighted by Crippen LogP contribution is -2.29. The number of carboxylic acids is 1. The van der Waals surface area contributed by atoms with Crippen LogP contribution in [0.2, 0.25) is 0 Å². The zero-order valence-corrected chi connectivity index (χ0v) is 12.6. The first kappa shape index (κ1) is 17.4. The van der Waals surface area contributed by atoms with E-state index in [-0.39, 0.29) is 18.8 Å². The number of carbonyl (C=O) groups excluding carboxylic acids is 1. The summed E-state index contributed by atoms with van der Waals surface area (Å²) in [5.74, 6) is -4.52. The molecule has 0 spiro atoms. The minimum atomic E-state index is -4.10. The van der Waals surface area contributed by atoms with Gasteiger partial charge in [0.25, 0.3) is 5.85 Å². The topological polar surface area (TPSA) is 99.1 Å². The summed E-state index contributed by atoms with van der Waals surface area (Å²) in [5, 5.41) is 9.15. The lowest BCUT2D eigenvalue weighted by Gasteiger charge is -2.22. The molecule has 1 N–H and O–H groups in total. The number of benzene rings is 1. The molecule has 0 amide bonds. The summed E-state index contributed by atoms with van der Waals surface area (Å²) in [6.07, 6.45) is 0. The number of carbonyl (C=O) groups is 2. The monoisotopic (exact) mass is 316 g/mol. The highest BCUT2D eigenvalue weighted by molar-refractivity contribution is 7.55. The standard InChI is InChI=1S/C13H17O7P/c1-3-18-21(17,19-4-2)13(11(14)15)20-12(16)10-8-6-5-7-9-10/h5-9,13H,3-4H2,1-2H3,(H,14,15). The Hall–Kier alpha value is -1.69. The Morgan fingerprint density at radius 3 is 2.10 bits per heavy atom. The lowest BCUT2D eigenvalue weighted by atomic mass is 10.2. The van der Waals surface area contributed by atoms with E-state index < -0.39 is 25.4 Å². The zero-order valence-electron chi connectivity index (χ0n) is 11.7. The molecular formula is C13H17O7P. The number of carboxylic acid groups (broad SMARTS) is 1. The fourth-order valence-electron chi connectivity index (χ4n) is 1.53. The maximum absolute atomic E-state index is 12.4. The normalized spacial score (nSPS) is 12.7. The molecule has 1 rings (SSSR count). The summed E-state index contributed by atoms with van der Waals surface area (Å²) in [7, 11) is -4.10. The van der Waals surface area contributed by atoms with Crippen LogP contribution in [0, 0.1) is 0 Å². The highest BCUT2D eigenvalue weighted by Gasteiger charge is 2.45. The molecule has 0 saturated heterocycles. The molecule has 0 fully saturated rings. The number of rotatable bonds is 8. The van der Waals surface area contributed by atoms with Crippen molar-refractivity contribution in [1.82, 2.24) is 0 Å². The molecule has 0 saturated carbocycles. The van der Waals surface area contributed by atoms with Gasteiger partial charge in [-0.3, -0.25) is 4.57 Å². The van der Waals surface area contributed by atoms with E-state index in [0.29, 0.717) is 0 Å². The van der Waals surface area contributed by atoms with Crippen LogP contribution >= 0.6 is 7.60 Å². The number of aliphatic carboxylic acids is 1. The third-order valence-electron chi connectivity index (χ3n) is 2.34. The predicted molar refractivity (Wildman–Crippen MR) is 74.1 cm³/mol. The largest absolute Gasteiger partial charge is 0.478 e. The van der Waals surface area contributed by atoms with E-state index >= 15 is 0 Å². The van der Waals surface area contributed by atoms with E-state index in [2.05, 4.69) is 0 Å². The van der Waals surface area contributed by atoms with E-state index in [9.17, 15) is 14.2 Å². The van der Waals surface area contributed by atoms with Crippen molar-refractivity contribution in [1.29, 1.82) is 0 Å². The molecule has 1 aromatic rings. The third-order valence-corrected chi connectivity index (χ3v) is 4.48. The highest BCUT2D eigenvalue weighted by atomic mass is 31.2. The minimum absolute atomic E-state index is 0.0378. The van der Waals surface area contributed by atoms with E-state index in [1.165, 1.54) is 26.0 Å². The van der Waals surface area contributed by atoms with Crippen molar-refractivity contribution in [2.45, 2.75) is 19.7 Å². The summed E-state index contributed by atoms with van der Waals surface area (Å²) in [5.41, 5.74) is 0.142. The predicted octanol–water partition coefficient (Wildman–Crippen LogP) is 2.52. The fraction of sp³-hybridized carbons (Fsp3) is 0.385. The number of hydrogen-bond acceptors (Lipinski definition) is 6. The molecule has 0 aliphatic heterocycles. The van der Waals surface area contributed by atoms with Crippen LogP contribution in [0.4, 0.5) is 0 Å². The minimum Gasteiger partial charge on any atom is -0.478 e. The molecule has 0 heterocycles. The van der Waals surface area contributed by atoms with Gasteiger partial charge in [-0.2, -0.15) is 0 Å². The van der Waals surface area contributed by atoms with Crippen molar-refractivity contribution >= 4 is 19.5 Å². The summed E-state index contributed by atoms with van der Waals surface area (Å²) in [6.45, 7) is 2.99. The van der Waals surface area contributed by atoms with E-state index in [4.69, 9.17) is 18.9 Å². The number of ether oxygens (including phenoxy) is 1. The Morgan fingerprint density at radius 2 is 1.67 bits per heavy atom. The average Bonchev–Trinajstić information content (AvgIpc) is 2.45. The van der Waals surface area contributed by atoms with Crippen molar-refractivity contribution in [3.63, 3.8) is 0 Å². The Labute approximate surface area is 122 Å². The molecule has 0 aliphatic carbocycles. The lowest BCUT2D eigenvalue weighted by molar-refractivity contribution is -0.143. The van der Waals surface area contributed by atoms with Gasteiger partial charge in [0.1, 0.15) is 0 Å². The number of esters is 1. The average molecular weight is 316 g/mol. The van der Waals surface area contributed by atoms with Gasteiger partial charge >= 0.3 is 19.5 Å². The van der Waals surface area contributed by atoms with Crippen molar-refractivity contribution in [2.24, 2.45) is 0 Å². The number of hydrogen-bond donors (Lipinski definition) is 1. The molecule has 1 unspecified atom stereocenters. The molecule has 0 aromatic heterocycles. The van der Waals surface area contributed by atoms with Crippen molar-refractivity contribution < 1.29 is 33.0 Å². The van der Waals surface area contributed by atoms with Gasteiger partial charge in [-0.15, -0.1) is 0 Å². The quantitative estimate of drug-likeness (QED) is 0.581. The molecular weight excluding hydrogens is 299 g/mol. The first-order valence-electron chi connectivity index (χ1n) is 6.32. The molecule has 1 aromatic carbocycles. The SMILES string of the molecule is CCOP(=O)(OCC)C(OC(=O)c1ccccc1)C(=O)O. The van der Waals surface area contributed by atoms with Crippen molar-refractivity contribution in [3.05, 3.63) is 35.9 Å². The van der Waals surface area contributed by atoms with Gasteiger partial charge in [0.2, 0.25) is 0 Å². The van der Waals surface area contributed by atoms with Crippen LogP contribution in [-0.2, 0) is 23.1 Å². The molecule has 21 heavy (non-hydrogen) atoms. The van der Waals surface area contributed by atoms with Crippen LogP contribution < -0.4 is 0 Å². The van der Waals surface area contributed by atoms with Crippen LogP contribution in [0.3, 0.4) is 0 Å². The van der Waals surface area contributed by atoms with Gasteiger partial charge in [-0.05, 0) is 26.0 Å². The summed E-state index contributed by atoms with van der Waals surface area (Å²) < 4.78 is 27.0. The van der Waals surface area contributed by atoms with Gasteiger partial charge in [-0.25, -0.2) is 9.59 Å². The fourth-order valence-corrected chi connectivity index (χ4v) is 3.09. The van der Waals surface area contributed by atoms with Gasteiger partial charge in [0.05, 0.1) is 18.8 Å². The van der Waals surface area contributed by atoms with Crippen LogP contribution in [0.15, 0.2) is 30.3 Å². The second kappa shape index (κ2) is 7.93. The molecule has 116 valence electrons. The smallest absolute Gasteiger partial charge is 0.382 e. The Bertz CT molecular complexity index is 519. The van der Waals surface area contributed by atoms with E-state index in [1.807, 2.05) is 0 Å². The van der Waals surface area contributed by atoms with Gasteiger partial charge in [0.15, 0.2) is 0 Å². The summed E-state index contributed by atoms with van der Waals surface area (Å²) in [6, 6.07) is 7.78. The molecule has 1 atom stereocenters. The van der Waals surface area contributed by atoms with Gasteiger partial charge in [-0.1, -0.05) is 18.2 Å². The van der Waals surface area contributed by atoms with Crippen molar-refractivity contribution in [3.8, 4) is 0 Å². The molecule has 8 heteroatoms. The summed E-state index contributed by atoms with van der Waals surface area (Å²) >= 11 is 0.